The molecule has 0 bridgehead atoms. The Hall–Kier alpha value is -2.01. The van der Waals surface area contributed by atoms with E-state index in [1.165, 1.54) is 0 Å². The lowest BCUT2D eigenvalue weighted by Gasteiger charge is -2.10. The van der Waals surface area contributed by atoms with Gasteiger partial charge in [0, 0.05) is 16.9 Å². The summed E-state index contributed by atoms with van der Waals surface area (Å²) >= 11 is 18.0. The Kier molecular flexibility index (Phi) is 4.86. The fraction of sp³-hybridized carbons (Fsp3) is 0. The summed E-state index contributed by atoms with van der Waals surface area (Å²) in [7, 11) is 0. The molecule has 3 rings (SSSR count). The fourth-order valence-electron chi connectivity index (χ4n) is 1.89. The maximum Gasteiger partial charge on any atom is 0.229 e. The third kappa shape index (κ3) is 4.05. The molecule has 116 valence electrons. The summed E-state index contributed by atoms with van der Waals surface area (Å²) in [6.07, 6.45) is 1.64. The van der Waals surface area contributed by atoms with Gasteiger partial charge in [-0.1, -0.05) is 40.9 Å². The minimum atomic E-state index is 0.444. The van der Waals surface area contributed by atoms with E-state index >= 15 is 0 Å². The summed E-state index contributed by atoms with van der Waals surface area (Å²) in [4.78, 5) is 8.57. The monoisotopic (exact) mass is 364 g/mol. The van der Waals surface area contributed by atoms with Crippen LogP contribution in [0.5, 0.6) is 0 Å². The molecule has 0 radical (unpaired) electrons. The van der Waals surface area contributed by atoms with Gasteiger partial charge in [0.05, 0.1) is 15.7 Å². The second kappa shape index (κ2) is 7.04. The molecule has 2 N–H and O–H groups in total. The first-order valence-corrected chi connectivity index (χ1v) is 7.82. The lowest BCUT2D eigenvalue weighted by atomic mass is 10.3. The average molecular weight is 366 g/mol. The van der Waals surface area contributed by atoms with Gasteiger partial charge in [-0.25, -0.2) is 4.98 Å². The van der Waals surface area contributed by atoms with Crippen LogP contribution in [-0.2, 0) is 0 Å². The highest BCUT2D eigenvalue weighted by atomic mass is 35.5. The first-order valence-electron chi connectivity index (χ1n) is 6.68. The topological polar surface area (TPSA) is 49.8 Å². The summed E-state index contributed by atoms with van der Waals surface area (Å²) in [5, 5.41) is 7.81. The van der Waals surface area contributed by atoms with Gasteiger partial charge >= 0.3 is 0 Å². The summed E-state index contributed by atoms with van der Waals surface area (Å²) in [6, 6.07) is 14.4. The maximum atomic E-state index is 6.16. The minimum Gasteiger partial charge on any atom is -0.339 e. The standard InChI is InChI=1S/C16H11Cl3N4/c17-10-4-6-11(7-5-10)21-16-20-9-8-14(23-16)22-13-3-1-2-12(18)15(13)19/h1-9H,(H2,20,21,22,23). The first kappa shape index (κ1) is 15.9. The van der Waals surface area contributed by atoms with E-state index in [9.17, 15) is 0 Å². The molecule has 0 saturated heterocycles. The molecule has 2 aromatic carbocycles. The number of hydrogen-bond donors (Lipinski definition) is 2. The van der Waals surface area contributed by atoms with Crippen LogP contribution in [0.25, 0.3) is 0 Å². The van der Waals surface area contributed by atoms with Gasteiger partial charge in [0.15, 0.2) is 0 Å². The summed E-state index contributed by atoms with van der Waals surface area (Å²) in [5.41, 5.74) is 1.52. The Morgan fingerprint density at radius 2 is 1.61 bits per heavy atom. The third-order valence-corrected chi connectivity index (χ3v) is 4.04. The predicted octanol–water partition coefficient (Wildman–Crippen LogP) is 5.92. The molecule has 7 heteroatoms. The van der Waals surface area contributed by atoms with Gasteiger partial charge in [-0.3, -0.25) is 0 Å². The van der Waals surface area contributed by atoms with Gasteiger partial charge in [-0.2, -0.15) is 4.98 Å². The molecular formula is C16H11Cl3N4. The summed E-state index contributed by atoms with van der Waals surface area (Å²) in [6.45, 7) is 0. The Balaban J connectivity index is 1.79. The van der Waals surface area contributed by atoms with Crippen molar-refractivity contribution in [3.05, 3.63) is 69.8 Å². The molecule has 23 heavy (non-hydrogen) atoms. The van der Waals surface area contributed by atoms with Crippen LogP contribution < -0.4 is 10.6 Å². The third-order valence-electron chi connectivity index (χ3n) is 2.97. The lowest BCUT2D eigenvalue weighted by Crippen LogP contribution is -2.00. The van der Waals surface area contributed by atoms with Crippen LogP contribution >= 0.6 is 34.8 Å². The molecular weight excluding hydrogens is 355 g/mol. The Labute approximate surface area is 148 Å². The first-order chi connectivity index (χ1) is 11.1. The van der Waals surface area contributed by atoms with Gasteiger partial charge in [-0.05, 0) is 42.5 Å². The number of nitrogens with one attached hydrogen (secondary N) is 2. The zero-order valence-corrected chi connectivity index (χ0v) is 14.0. The van der Waals surface area contributed by atoms with Gasteiger partial charge in [-0.15, -0.1) is 0 Å². The normalized spacial score (nSPS) is 10.4. The van der Waals surface area contributed by atoms with E-state index in [0.717, 1.165) is 5.69 Å². The summed E-state index contributed by atoms with van der Waals surface area (Å²) in [5.74, 6) is 1.05. The number of nitrogens with zero attached hydrogens (tertiary/aromatic N) is 2. The highest BCUT2D eigenvalue weighted by Gasteiger charge is 2.06. The molecule has 0 spiro atoms. The van der Waals surface area contributed by atoms with E-state index < -0.39 is 0 Å². The molecule has 0 aliphatic carbocycles. The van der Waals surface area contributed by atoms with Gasteiger partial charge < -0.3 is 10.6 Å². The van der Waals surface area contributed by atoms with E-state index in [4.69, 9.17) is 34.8 Å². The molecule has 0 unspecified atom stereocenters. The molecule has 0 saturated carbocycles. The molecule has 0 aliphatic heterocycles. The zero-order valence-electron chi connectivity index (χ0n) is 11.7. The SMILES string of the molecule is Clc1ccc(Nc2nccc(Nc3cccc(Cl)c3Cl)n2)cc1. The van der Waals surface area contributed by atoms with E-state index in [2.05, 4.69) is 20.6 Å². The number of anilines is 4. The van der Waals surface area contributed by atoms with Crippen LogP contribution in [0.1, 0.15) is 0 Å². The summed E-state index contributed by atoms with van der Waals surface area (Å²) < 4.78 is 0. The number of hydrogen-bond acceptors (Lipinski definition) is 4. The van der Waals surface area contributed by atoms with Gasteiger partial charge in [0.2, 0.25) is 5.95 Å². The van der Waals surface area contributed by atoms with Crippen molar-refractivity contribution in [3.63, 3.8) is 0 Å². The Morgan fingerprint density at radius 3 is 2.39 bits per heavy atom. The zero-order chi connectivity index (χ0) is 16.2. The van der Waals surface area contributed by atoms with E-state index in [0.29, 0.717) is 32.5 Å². The fourth-order valence-corrected chi connectivity index (χ4v) is 2.36. The molecule has 1 aromatic heterocycles. The Bertz CT molecular complexity index is 822. The quantitative estimate of drug-likeness (QED) is 0.602. The largest absolute Gasteiger partial charge is 0.339 e. The molecule has 4 nitrogen and oxygen atoms in total. The van der Waals surface area contributed by atoms with Crippen molar-refractivity contribution in [1.29, 1.82) is 0 Å². The van der Waals surface area contributed by atoms with Crippen LogP contribution in [0.3, 0.4) is 0 Å². The van der Waals surface area contributed by atoms with Crippen LogP contribution in [0, 0.1) is 0 Å². The number of aromatic nitrogens is 2. The number of rotatable bonds is 4. The molecule has 0 amide bonds. The molecule has 0 aliphatic rings. The van der Waals surface area contributed by atoms with Crippen molar-refractivity contribution in [1.82, 2.24) is 9.97 Å². The number of halogens is 3. The maximum absolute atomic E-state index is 6.16. The lowest BCUT2D eigenvalue weighted by molar-refractivity contribution is 1.17. The Morgan fingerprint density at radius 1 is 0.826 bits per heavy atom. The highest BCUT2D eigenvalue weighted by Crippen LogP contribution is 2.31. The van der Waals surface area contributed by atoms with Crippen LogP contribution in [0.4, 0.5) is 23.1 Å². The molecule has 0 atom stereocenters. The van der Waals surface area contributed by atoms with Crippen molar-refractivity contribution in [3.8, 4) is 0 Å². The van der Waals surface area contributed by atoms with E-state index in [1.54, 1.807) is 30.5 Å². The highest BCUT2D eigenvalue weighted by molar-refractivity contribution is 6.43. The van der Waals surface area contributed by atoms with Crippen molar-refractivity contribution in [2.24, 2.45) is 0 Å². The molecule has 3 aromatic rings. The smallest absolute Gasteiger partial charge is 0.229 e. The second-order valence-corrected chi connectivity index (χ2v) is 5.85. The molecule has 1 heterocycles. The predicted molar refractivity (Wildman–Crippen MR) is 96.5 cm³/mol. The van der Waals surface area contributed by atoms with Crippen molar-refractivity contribution < 1.29 is 0 Å². The van der Waals surface area contributed by atoms with Crippen molar-refractivity contribution in [2.45, 2.75) is 0 Å². The van der Waals surface area contributed by atoms with Crippen LogP contribution in [-0.4, -0.2) is 9.97 Å². The van der Waals surface area contributed by atoms with Crippen LogP contribution in [0.15, 0.2) is 54.7 Å². The van der Waals surface area contributed by atoms with Crippen LogP contribution in [0.2, 0.25) is 15.1 Å². The molecule has 0 fully saturated rings. The van der Waals surface area contributed by atoms with E-state index in [1.807, 2.05) is 24.3 Å². The average Bonchev–Trinajstić information content (AvgIpc) is 2.54. The minimum absolute atomic E-state index is 0.444. The number of benzene rings is 2. The second-order valence-electron chi connectivity index (χ2n) is 4.62. The van der Waals surface area contributed by atoms with Crippen molar-refractivity contribution in [2.75, 3.05) is 10.6 Å². The van der Waals surface area contributed by atoms with Gasteiger partial charge in [0.25, 0.3) is 0 Å². The van der Waals surface area contributed by atoms with Gasteiger partial charge in [0.1, 0.15) is 5.82 Å². The van der Waals surface area contributed by atoms with E-state index in [-0.39, 0.29) is 0 Å². The van der Waals surface area contributed by atoms with Crippen molar-refractivity contribution >= 4 is 57.9 Å².